The van der Waals surface area contributed by atoms with Gasteiger partial charge in [0.1, 0.15) is 11.5 Å². The number of aryl methyl sites for hydroxylation is 1. The maximum absolute atomic E-state index is 5.47. The molecule has 0 bridgehead atoms. The van der Waals surface area contributed by atoms with Gasteiger partial charge in [0.05, 0.1) is 19.4 Å². The number of rotatable bonds is 4. The third kappa shape index (κ3) is 2.41. The fraction of sp³-hybridized carbons (Fsp3) is 0.222. The van der Waals surface area contributed by atoms with Crippen molar-refractivity contribution in [1.82, 2.24) is 5.32 Å². The third-order valence-electron chi connectivity index (χ3n) is 3.82. The standard InChI is InChI=1S/C18H19NO2/c1-12-10-13(11-21-12)18(19-2)16-8-9-17(20-3)15-7-5-4-6-14(15)16/h4-11,18-19H,1-3H3. The zero-order valence-electron chi connectivity index (χ0n) is 12.5. The average molecular weight is 281 g/mol. The molecule has 0 aliphatic carbocycles. The Morgan fingerprint density at radius 2 is 1.86 bits per heavy atom. The van der Waals surface area contributed by atoms with Crippen LogP contribution in [0.15, 0.2) is 53.1 Å². The number of ether oxygens (including phenoxy) is 1. The molecule has 0 amide bonds. The van der Waals surface area contributed by atoms with E-state index in [4.69, 9.17) is 9.15 Å². The van der Waals surface area contributed by atoms with Crippen LogP contribution in [0.5, 0.6) is 5.75 Å². The number of hydrogen-bond acceptors (Lipinski definition) is 3. The Balaban J connectivity index is 2.19. The first-order valence-corrected chi connectivity index (χ1v) is 7.02. The summed E-state index contributed by atoms with van der Waals surface area (Å²) >= 11 is 0. The molecule has 0 aliphatic heterocycles. The highest BCUT2D eigenvalue weighted by atomic mass is 16.5. The van der Waals surface area contributed by atoms with Gasteiger partial charge in [-0.15, -0.1) is 0 Å². The van der Waals surface area contributed by atoms with Gasteiger partial charge < -0.3 is 14.5 Å². The number of methoxy groups -OCH3 is 1. The summed E-state index contributed by atoms with van der Waals surface area (Å²) in [6.45, 7) is 1.96. The van der Waals surface area contributed by atoms with Gasteiger partial charge in [-0.05, 0) is 37.1 Å². The molecule has 3 aromatic rings. The summed E-state index contributed by atoms with van der Waals surface area (Å²) in [5.41, 5.74) is 2.35. The van der Waals surface area contributed by atoms with Crippen LogP contribution in [0, 0.1) is 6.92 Å². The quantitative estimate of drug-likeness (QED) is 0.783. The molecule has 1 aromatic heterocycles. The molecule has 2 aromatic carbocycles. The fourth-order valence-corrected chi connectivity index (χ4v) is 2.84. The minimum atomic E-state index is 0.0956. The van der Waals surface area contributed by atoms with E-state index < -0.39 is 0 Å². The summed E-state index contributed by atoms with van der Waals surface area (Å²) in [6.07, 6.45) is 1.81. The summed E-state index contributed by atoms with van der Waals surface area (Å²) in [5.74, 6) is 1.82. The molecule has 3 rings (SSSR count). The molecule has 1 unspecified atom stereocenters. The van der Waals surface area contributed by atoms with Crippen molar-refractivity contribution in [2.45, 2.75) is 13.0 Å². The summed E-state index contributed by atoms with van der Waals surface area (Å²) in [5, 5.41) is 5.69. The van der Waals surface area contributed by atoms with E-state index in [0.29, 0.717) is 0 Å². The number of fused-ring (bicyclic) bond motifs is 1. The Morgan fingerprint density at radius 1 is 1.10 bits per heavy atom. The highest BCUT2D eigenvalue weighted by Crippen LogP contribution is 2.34. The number of furan rings is 1. The first-order chi connectivity index (χ1) is 10.2. The molecule has 1 N–H and O–H groups in total. The zero-order valence-corrected chi connectivity index (χ0v) is 12.5. The minimum Gasteiger partial charge on any atom is -0.496 e. The Bertz CT molecular complexity index is 761. The predicted molar refractivity (Wildman–Crippen MR) is 84.8 cm³/mol. The van der Waals surface area contributed by atoms with Crippen LogP contribution in [-0.2, 0) is 0 Å². The first-order valence-electron chi connectivity index (χ1n) is 7.02. The summed E-state index contributed by atoms with van der Waals surface area (Å²) < 4.78 is 10.9. The Labute approximate surface area is 124 Å². The maximum atomic E-state index is 5.47. The zero-order chi connectivity index (χ0) is 14.8. The van der Waals surface area contributed by atoms with E-state index in [9.17, 15) is 0 Å². The lowest BCUT2D eigenvalue weighted by Crippen LogP contribution is -2.17. The molecule has 0 saturated heterocycles. The van der Waals surface area contributed by atoms with Crippen molar-refractivity contribution < 1.29 is 9.15 Å². The van der Waals surface area contributed by atoms with Crippen LogP contribution >= 0.6 is 0 Å². The van der Waals surface area contributed by atoms with Crippen LogP contribution < -0.4 is 10.1 Å². The second-order valence-electron chi connectivity index (χ2n) is 5.12. The van der Waals surface area contributed by atoms with Gasteiger partial charge in [0, 0.05) is 10.9 Å². The number of nitrogens with one attached hydrogen (secondary N) is 1. The minimum absolute atomic E-state index is 0.0956. The molecule has 0 spiro atoms. The van der Waals surface area contributed by atoms with Crippen molar-refractivity contribution >= 4 is 10.8 Å². The van der Waals surface area contributed by atoms with Crippen molar-refractivity contribution in [3.8, 4) is 5.75 Å². The molecule has 0 radical (unpaired) electrons. The van der Waals surface area contributed by atoms with E-state index in [2.05, 4.69) is 35.6 Å². The second kappa shape index (κ2) is 5.62. The average Bonchev–Trinajstić information content (AvgIpc) is 2.94. The van der Waals surface area contributed by atoms with Crippen molar-refractivity contribution in [3.63, 3.8) is 0 Å². The molecule has 21 heavy (non-hydrogen) atoms. The van der Waals surface area contributed by atoms with Gasteiger partial charge in [-0.3, -0.25) is 0 Å². The Morgan fingerprint density at radius 3 is 2.48 bits per heavy atom. The lowest BCUT2D eigenvalue weighted by molar-refractivity contribution is 0.419. The van der Waals surface area contributed by atoms with Crippen LogP contribution in [0.4, 0.5) is 0 Å². The SMILES string of the molecule is CNC(c1coc(C)c1)c1ccc(OC)c2ccccc12. The van der Waals surface area contributed by atoms with E-state index >= 15 is 0 Å². The maximum Gasteiger partial charge on any atom is 0.126 e. The van der Waals surface area contributed by atoms with Gasteiger partial charge in [0.2, 0.25) is 0 Å². The molecule has 0 aliphatic rings. The molecular formula is C18H19NO2. The summed E-state index contributed by atoms with van der Waals surface area (Å²) in [6, 6.07) is 14.6. The van der Waals surface area contributed by atoms with E-state index in [0.717, 1.165) is 22.5 Å². The largest absolute Gasteiger partial charge is 0.496 e. The molecule has 3 nitrogen and oxygen atoms in total. The van der Waals surface area contributed by atoms with E-state index in [1.807, 2.05) is 32.4 Å². The van der Waals surface area contributed by atoms with Crippen molar-refractivity contribution in [3.05, 3.63) is 65.6 Å². The van der Waals surface area contributed by atoms with E-state index in [-0.39, 0.29) is 6.04 Å². The van der Waals surface area contributed by atoms with Gasteiger partial charge in [-0.1, -0.05) is 30.3 Å². The topological polar surface area (TPSA) is 34.4 Å². The van der Waals surface area contributed by atoms with Gasteiger partial charge in [0.25, 0.3) is 0 Å². The number of benzene rings is 2. The summed E-state index contributed by atoms with van der Waals surface area (Å²) in [7, 11) is 3.67. The third-order valence-corrected chi connectivity index (χ3v) is 3.82. The van der Waals surface area contributed by atoms with Crippen LogP contribution in [0.3, 0.4) is 0 Å². The number of hydrogen-bond donors (Lipinski definition) is 1. The van der Waals surface area contributed by atoms with E-state index in [1.54, 1.807) is 7.11 Å². The first kappa shape index (κ1) is 13.7. The summed E-state index contributed by atoms with van der Waals surface area (Å²) in [4.78, 5) is 0. The lowest BCUT2D eigenvalue weighted by Gasteiger charge is -2.18. The molecule has 1 atom stereocenters. The van der Waals surface area contributed by atoms with Gasteiger partial charge in [-0.2, -0.15) is 0 Å². The molecule has 0 saturated carbocycles. The lowest BCUT2D eigenvalue weighted by atomic mass is 9.94. The molecule has 0 fully saturated rings. The van der Waals surface area contributed by atoms with Crippen molar-refractivity contribution in [2.75, 3.05) is 14.2 Å². The van der Waals surface area contributed by atoms with Gasteiger partial charge >= 0.3 is 0 Å². The molecule has 108 valence electrons. The molecule has 3 heteroatoms. The normalized spacial score (nSPS) is 12.5. The highest BCUT2D eigenvalue weighted by molar-refractivity contribution is 5.91. The van der Waals surface area contributed by atoms with Crippen LogP contribution in [-0.4, -0.2) is 14.2 Å². The molecule has 1 heterocycles. The smallest absolute Gasteiger partial charge is 0.126 e. The van der Waals surface area contributed by atoms with Crippen LogP contribution in [0.2, 0.25) is 0 Å². The fourth-order valence-electron chi connectivity index (χ4n) is 2.84. The Kier molecular flexibility index (Phi) is 3.67. The van der Waals surface area contributed by atoms with Crippen LogP contribution in [0.1, 0.15) is 22.9 Å². The van der Waals surface area contributed by atoms with Gasteiger partial charge in [-0.25, -0.2) is 0 Å². The second-order valence-corrected chi connectivity index (χ2v) is 5.12. The monoisotopic (exact) mass is 281 g/mol. The highest BCUT2D eigenvalue weighted by Gasteiger charge is 2.17. The van der Waals surface area contributed by atoms with Crippen molar-refractivity contribution in [2.24, 2.45) is 0 Å². The molecular weight excluding hydrogens is 262 g/mol. The Hall–Kier alpha value is -2.26. The van der Waals surface area contributed by atoms with Crippen molar-refractivity contribution in [1.29, 1.82) is 0 Å². The van der Waals surface area contributed by atoms with E-state index in [1.165, 1.54) is 10.9 Å². The van der Waals surface area contributed by atoms with Crippen LogP contribution in [0.25, 0.3) is 10.8 Å². The predicted octanol–water partition coefficient (Wildman–Crippen LogP) is 4.06. The van der Waals surface area contributed by atoms with Gasteiger partial charge in [0.15, 0.2) is 0 Å².